The fourth-order valence-electron chi connectivity index (χ4n) is 3.09. The number of carbonyl (C=O) groups excluding carboxylic acids is 2. The number of Topliss-reactive ketones (excluding diaryl/α,β-unsaturated/α-hetero) is 2. The summed E-state index contributed by atoms with van der Waals surface area (Å²) in [4.78, 5) is 35.1. The highest BCUT2D eigenvalue weighted by molar-refractivity contribution is 8.00. The Hall–Kier alpha value is -2.67. The summed E-state index contributed by atoms with van der Waals surface area (Å²) in [5.41, 5.74) is 4.00. The molecule has 0 aliphatic rings. The van der Waals surface area contributed by atoms with E-state index in [2.05, 4.69) is 15.0 Å². The fourth-order valence-corrected chi connectivity index (χ4v) is 3.93. The lowest BCUT2D eigenvalue weighted by atomic mass is 10.0. The van der Waals surface area contributed by atoms with Crippen LogP contribution in [0.25, 0.3) is 11.3 Å². The van der Waals surface area contributed by atoms with Crippen molar-refractivity contribution >= 4 is 23.3 Å². The van der Waals surface area contributed by atoms with Crippen LogP contribution >= 0.6 is 11.8 Å². The van der Waals surface area contributed by atoms with E-state index >= 15 is 0 Å². The van der Waals surface area contributed by atoms with Crippen LogP contribution in [0.4, 0.5) is 4.39 Å². The smallest absolute Gasteiger partial charge is 0.192 e. The standard InChI is InChI=1S/C20H20FN3O2S/c1-10-17(12(3)25)11(2)23-18(10)19(26)13(4)27-20-22-9-16(24-20)14-5-7-15(21)8-6-14/h5-9,13,23H,1-4H3,(H,22,24)/t13-/m0/s1. The van der Waals surface area contributed by atoms with Gasteiger partial charge in [-0.2, -0.15) is 0 Å². The van der Waals surface area contributed by atoms with Gasteiger partial charge in [-0.05, 0) is 63.1 Å². The number of nitrogens with one attached hydrogen (secondary N) is 2. The minimum absolute atomic E-state index is 0.0596. The lowest BCUT2D eigenvalue weighted by molar-refractivity contribution is 0.0988. The van der Waals surface area contributed by atoms with Crippen molar-refractivity contribution < 1.29 is 14.0 Å². The van der Waals surface area contributed by atoms with Gasteiger partial charge < -0.3 is 9.97 Å². The van der Waals surface area contributed by atoms with Crippen molar-refractivity contribution in [2.45, 2.75) is 38.1 Å². The monoisotopic (exact) mass is 385 g/mol. The second kappa shape index (κ2) is 7.52. The Balaban J connectivity index is 1.77. The number of imidazole rings is 1. The van der Waals surface area contributed by atoms with Crippen LogP contribution in [-0.2, 0) is 0 Å². The number of rotatable bonds is 6. The Labute approximate surface area is 160 Å². The van der Waals surface area contributed by atoms with E-state index in [1.807, 2.05) is 0 Å². The number of ketones is 2. The van der Waals surface area contributed by atoms with Gasteiger partial charge in [0.15, 0.2) is 16.7 Å². The molecule has 5 nitrogen and oxygen atoms in total. The Bertz CT molecular complexity index is 1000. The van der Waals surface area contributed by atoms with E-state index < -0.39 is 5.25 Å². The molecular weight excluding hydrogens is 365 g/mol. The molecule has 0 fully saturated rings. The average Bonchev–Trinajstić information content (AvgIpc) is 3.19. The van der Waals surface area contributed by atoms with E-state index in [0.717, 1.165) is 11.3 Å². The van der Waals surface area contributed by atoms with Crippen LogP contribution in [0.5, 0.6) is 0 Å². The van der Waals surface area contributed by atoms with Crippen LogP contribution < -0.4 is 0 Å². The van der Waals surface area contributed by atoms with Crippen molar-refractivity contribution in [1.29, 1.82) is 0 Å². The third-order valence-electron chi connectivity index (χ3n) is 4.40. The van der Waals surface area contributed by atoms with Gasteiger partial charge in [0.2, 0.25) is 0 Å². The van der Waals surface area contributed by atoms with Crippen molar-refractivity contribution in [1.82, 2.24) is 15.0 Å². The first-order chi connectivity index (χ1) is 12.8. The number of carbonyl (C=O) groups is 2. The van der Waals surface area contributed by atoms with E-state index in [0.29, 0.717) is 27.7 Å². The molecule has 7 heteroatoms. The number of aryl methyl sites for hydroxylation is 1. The largest absolute Gasteiger partial charge is 0.355 e. The Morgan fingerprint density at radius 2 is 1.81 bits per heavy atom. The molecule has 0 amide bonds. The van der Waals surface area contributed by atoms with Gasteiger partial charge in [-0.1, -0.05) is 11.8 Å². The molecule has 0 radical (unpaired) electrons. The maximum Gasteiger partial charge on any atom is 0.192 e. The van der Waals surface area contributed by atoms with Crippen molar-refractivity contribution in [2.24, 2.45) is 0 Å². The van der Waals surface area contributed by atoms with Gasteiger partial charge in [-0.25, -0.2) is 9.37 Å². The maximum absolute atomic E-state index is 13.1. The van der Waals surface area contributed by atoms with E-state index in [-0.39, 0.29) is 17.4 Å². The molecule has 0 aliphatic carbocycles. The highest BCUT2D eigenvalue weighted by atomic mass is 32.2. The molecule has 2 N–H and O–H groups in total. The summed E-state index contributed by atoms with van der Waals surface area (Å²) in [6.07, 6.45) is 1.66. The van der Waals surface area contributed by atoms with E-state index in [1.54, 1.807) is 39.1 Å². The summed E-state index contributed by atoms with van der Waals surface area (Å²) in [6, 6.07) is 6.11. The third kappa shape index (κ3) is 3.88. The number of hydrogen-bond donors (Lipinski definition) is 2. The van der Waals surface area contributed by atoms with Crippen LogP contribution in [-0.4, -0.2) is 31.8 Å². The molecule has 2 heterocycles. The number of hydrogen-bond acceptors (Lipinski definition) is 4. The molecule has 0 saturated heterocycles. The summed E-state index contributed by atoms with van der Waals surface area (Å²) in [5, 5.41) is 0.205. The van der Waals surface area contributed by atoms with Crippen LogP contribution in [0.1, 0.15) is 46.0 Å². The zero-order valence-corrected chi connectivity index (χ0v) is 16.3. The molecular formula is C20H20FN3O2S. The summed E-state index contributed by atoms with van der Waals surface area (Å²) in [7, 11) is 0. The molecule has 2 aromatic heterocycles. The Kier molecular flexibility index (Phi) is 5.32. The second-order valence-electron chi connectivity index (χ2n) is 6.41. The number of benzene rings is 1. The van der Waals surface area contributed by atoms with Crippen LogP contribution in [0.15, 0.2) is 35.6 Å². The molecule has 0 saturated carbocycles. The zero-order chi connectivity index (χ0) is 19.7. The quantitative estimate of drug-likeness (QED) is 0.475. The molecule has 1 atom stereocenters. The van der Waals surface area contributed by atoms with Crippen LogP contribution in [0.3, 0.4) is 0 Å². The highest BCUT2D eigenvalue weighted by Crippen LogP contribution is 2.28. The predicted molar refractivity (Wildman–Crippen MR) is 104 cm³/mol. The molecule has 0 bridgehead atoms. The normalized spacial score (nSPS) is 12.2. The van der Waals surface area contributed by atoms with Crippen molar-refractivity contribution in [3.63, 3.8) is 0 Å². The van der Waals surface area contributed by atoms with Gasteiger partial charge in [-0.15, -0.1) is 0 Å². The summed E-state index contributed by atoms with van der Waals surface area (Å²) in [5.74, 6) is -0.447. The lowest BCUT2D eigenvalue weighted by Gasteiger charge is -2.08. The summed E-state index contributed by atoms with van der Waals surface area (Å²) in [6.45, 7) is 6.87. The average molecular weight is 385 g/mol. The number of nitrogens with zero attached hydrogens (tertiary/aromatic N) is 1. The van der Waals surface area contributed by atoms with E-state index in [1.165, 1.54) is 30.8 Å². The first-order valence-corrected chi connectivity index (χ1v) is 9.37. The summed E-state index contributed by atoms with van der Waals surface area (Å²) >= 11 is 1.30. The lowest BCUT2D eigenvalue weighted by Crippen LogP contribution is -2.15. The molecule has 27 heavy (non-hydrogen) atoms. The van der Waals surface area contributed by atoms with Crippen molar-refractivity contribution in [3.8, 4) is 11.3 Å². The molecule has 140 valence electrons. The number of halogens is 1. The van der Waals surface area contributed by atoms with Gasteiger partial charge in [0.25, 0.3) is 0 Å². The maximum atomic E-state index is 13.1. The highest BCUT2D eigenvalue weighted by Gasteiger charge is 2.25. The Morgan fingerprint density at radius 1 is 1.15 bits per heavy atom. The number of thioether (sulfide) groups is 1. The minimum atomic E-state index is -0.395. The first kappa shape index (κ1) is 19.1. The molecule has 1 aromatic carbocycles. The Morgan fingerprint density at radius 3 is 2.41 bits per heavy atom. The topological polar surface area (TPSA) is 78.6 Å². The minimum Gasteiger partial charge on any atom is -0.355 e. The molecule has 0 unspecified atom stereocenters. The van der Waals surface area contributed by atoms with Crippen LogP contribution in [0.2, 0.25) is 0 Å². The first-order valence-electron chi connectivity index (χ1n) is 8.49. The van der Waals surface area contributed by atoms with Crippen LogP contribution in [0, 0.1) is 19.7 Å². The SMILES string of the molecule is CC(=O)c1c(C)[nH]c(C(=O)[C@H](C)Sc2ncc(-c3ccc(F)cc3)[nH]2)c1C. The van der Waals surface area contributed by atoms with Gasteiger partial charge >= 0.3 is 0 Å². The van der Waals surface area contributed by atoms with Gasteiger partial charge in [0.05, 0.1) is 22.8 Å². The van der Waals surface area contributed by atoms with Crippen molar-refractivity contribution in [3.05, 3.63) is 58.8 Å². The number of H-pyrrole nitrogens is 2. The number of aromatic nitrogens is 3. The van der Waals surface area contributed by atoms with E-state index in [9.17, 15) is 14.0 Å². The van der Waals surface area contributed by atoms with Gasteiger partial charge in [0, 0.05) is 11.3 Å². The molecule has 3 aromatic rings. The number of aromatic amines is 2. The van der Waals surface area contributed by atoms with E-state index in [4.69, 9.17) is 0 Å². The molecule has 3 rings (SSSR count). The third-order valence-corrected chi connectivity index (χ3v) is 5.40. The zero-order valence-electron chi connectivity index (χ0n) is 15.5. The van der Waals surface area contributed by atoms with Gasteiger partial charge in [-0.3, -0.25) is 9.59 Å². The van der Waals surface area contributed by atoms with Gasteiger partial charge in [0.1, 0.15) is 5.82 Å². The second-order valence-corrected chi connectivity index (χ2v) is 7.74. The summed E-state index contributed by atoms with van der Waals surface area (Å²) < 4.78 is 13.1. The fraction of sp³-hybridized carbons (Fsp3) is 0.250. The molecule has 0 spiro atoms. The predicted octanol–water partition coefficient (Wildman–Crippen LogP) is 4.73. The molecule has 0 aliphatic heterocycles. The van der Waals surface area contributed by atoms with Crippen molar-refractivity contribution in [2.75, 3.05) is 0 Å².